The Morgan fingerprint density at radius 1 is 1.25 bits per heavy atom. The first-order valence-corrected chi connectivity index (χ1v) is 8.37. The van der Waals surface area contributed by atoms with Gasteiger partial charge in [-0.25, -0.2) is 8.42 Å². The van der Waals surface area contributed by atoms with Gasteiger partial charge in [-0.05, 0) is 39.0 Å². The molecule has 122 valence electrons. The number of unbranched alkanes of at least 4 members (excludes halogenated alkanes) is 2. The van der Waals surface area contributed by atoms with Crippen LogP contribution in [-0.4, -0.2) is 37.6 Å². The van der Waals surface area contributed by atoms with Crippen LogP contribution in [0.25, 0.3) is 0 Å². The lowest BCUT2D eigenvalue weighted by molar-refractivity contribution is -0.928. The Balaban J connectivity index is 0.000000396. The normalized spacial score (nSPS) is 23.9. The zero-order valence-electron chi connectivity index (χ0n) is 12.0. The average Bonchev–Trinajstić information content (AvgIpc) is 2.30. The lowest BCUT2D eigenvalue weighted by atomic mass is 10.0. The number of alkyl halides is 3. The van der Waals surface area contributed by atoms with Crippen molar-refractivity contribution in [2.75, 3.05) is 13.1 Å². The summed E-state index contributed by atoms with van der Waals surface area (Å²) in [5.74, 6) is 0. The van der Waals surface area contributed by atoms with Gasteiger partial charge in [-0.15, -0.1) is 0 Å². The van der Waals surface area contributed by atoms with Crippen molar-refractivity contribution in [2.45, 2.75) is 63.9 Å². The minimum Gasteiger partial charge on any atom is -0.741 e. The smallest absolute Gasteiger partial charge is 0.485 e. The second kappa shape index (κ2) is 8.84. The Morgan fingerprint density at radius 3 is 2.20 bits per heavy atom. The first-order valence-electron chi connectivity index (χ1n) is 6.96. The van der Waals surface area contributed by atoms with Crippen molar-refractivity contribution < 1.29 is 31.0 Å². The van der Waals surface area contributed by atoms with Crippen molar-refractivity contribution in [2.24, 2.45) is 0 Å². The quantitative estimate of drug-likeness (QED) is 0.487. The highest BCUT2D eigenvalue weighted by atomic mass is 32.2. The molecule has 4 nitrogen and oxygen atoms in total. The molecule has 2 atom stereocenters. The number of rotatable bonds is 4. The van der Waals surface area contributed by atoms with Crippen LogP contribution in [0.15, 0.2) is 0 Å². The molecule has 1 aliphatic heterocycles. The van der Waals surface area contributed by atoms with Crippen LogP contribution < -0.4 is 4.90 Å². The predicted octanol–water partition coefficient (Wildman–Crippen LogP) is 1.69. The van der Waals surface area contributed by atoms with Crippen molar-refractivity contribution in [3.63, 3.8) is 0 Å². The van der Waals surface area contributed by atoms with Gasteiger partial charge in [-0.2, -0.15) is 13.2 Å². The van der Waals surface area contributed by atoms with Gasteiger partial charge in [0.2, 0.25) is 0 Å². The summed E-state index contributed by atoms with van der Waals surface area (Å²) in [4.78, 5) is 1.87. The van der Waals surface area contributed by atoms with Gasteiger partial charge >= 0.3 is 5.51 Å². The van der Waals surface area contributed by atoms with Gasteiger partial charge < -0.3 is 9.45 Å². The number of piperidine rings is 1. The van der Waals surface area contributed by atoms with Gasteiger partial charge in [0.15, 0.2) is 10.1 Å². The molecule has 0 spiro atoms. The molecule has 0 saturated carbocycles. The third-order valence-corrected chi connectivity index (χ3v) is 4.03. The van der Waals surface area contributed by atoms with Crippen LogP contribution in [0.1, 0.15) is 52.4 Å². The number of likely N-dealkylation sites (tertiary alicyclic amines) is 1. The summed E-state index contributed by atoms with van der Waals surface area (Å²) in [5.41, 5.74) is -5.65. The van der Waals surface area contributed by atoms with E-state index in [1.807, 2.05) is 4.90 Å². The van der Waals surface area contributed by atoms with E-state index in [1.54, 1.807) is 0 Å². The maximum atomic E-state index is 10.7. The Hall–Kier alpha value is -0.340. The van der Waals surface area contributed by atoms with E-state index in [-0.39, 0.29) is 0 Å². The van der Waals surface area contributed by atoms with Gasteiger partial charge in [0.05, 0.1) is 19.1 Å². The van der Waals surface area contributed by atoms with Crippen LogP contribution >= 0.6 is 0 Å². The first kappa shape index (κ1) is 19.7. The van der Waals surface area contributed by atoms with Crippen molar-refractivity contribution in [3.05, 3.63) is 0 Å². The maximum absolute atomic E-state index is 10.7. The molecule has 0 aromatic heterocycles. The van der Waals surface area contributed by atoms with Crippen molar-refractivity contribution in [1.29, 1.82) is 0 Å². The summed E-state index contributed by atoms with van der Waals surface area (Å²) < 4.78 is 58.9. The molecule has 0 aromatic rings. The van der Waals surface area contributed by atoms with Crippen LogP contribution in [0.5, 0.6) is 0 Å². The summed E-state index contributed by atoms with van der Waals surface area (Å²) >= 11 is 0. The van der Waals surface area contributed by atoms with Crippen molar-refractivity contribution in [1.82, 2.24) is 0 Å². The molecule has 20 heavy (non-hydrogen) atoms. The van der Waals surface area contributed by atoms with Crippen LogP contribution in [-0.2, 0) is 10.1 Å². The molecule has 2 unspecified atom stereocenters. The molecular weight excluding hydrogens is 295 g/mol. The van der Waals surface area contributed by atoms with E-state index in [1.165, 1.54) is 51.6 Å². The highest BCUT2D eigenvalue weighted by molar-refractivity contribution is 7.86. The fraction of sp³-hybridized carbons (Fsp3) is 1.00. The largest absolute Gasteiger partial charge is 0.741 e. The molecular formula is C12H24F3NO3S. The van der Waals surface area contributed by atoms with E-state index in [4.69, 9.17) is 13.0 Å². The summed E-state index contributed by atoms with van der Waals surface area (Å²) in [6.45, 7) is 7.56. The number of halogens is 3. The molecule has 1 saturated heterocycles. The zero-order chi connectivity index (χ0) is 15.8. The molecule has 1 fully saturated rings. The number of quaternary nitrogens is 1. The van der Waals surface area contributed by atoms with Crippen LogP contribution in [0, 0.1) is 0 Å². The maximum Gasteiger partial charge on any atom is 0.485 e. The van der Waals surface area contributed by atoms with Crippen LogP contribution in [0.2, 0.25) is 0 Å². The molecule has 8 heteroatoms. The van der Waals surface area contributed by atoms with Gasteiger partial charge in [-0.1, -0.05) is 13.3 Å². The molecule has 1 rings (SSSR count). The van der Waals surface area contributed by atoms with E-state index in [0.29, 0.717) is 0 Å². The van der Waals surface area contributed by atoms with Crippen molar-refractivity contribution >= 4 is 10.1 Å². The Bertz CT molecular complexity index is 357. The average molecular weight is 319 g/mol. The summed E-state index contributed by atoms with van der Waals surface area (Å²) in [6, 6.07) is 0.940. The van der Waals surface area contributed by atoms with Gasteiger partial charge in [0.1, 0.15) is 0 Å². The van der Waals surface area contributed by atoms with Crippen LogP contribution in [0.3, 0.4) is 0 Å². The molecule has 0 aromatic carbocycles. The second-order valence-corrected chi connectivity index (χ2v) is 6.53. The SMILES string of the molecule is CCCCC[NH+]1CCCCC1C.O=S(=O)([O-])C(F)(F)F. The highest BCUT2D eigenvalue weighted by Gasteiger charge is 2.36. The fourth-order valence-electron chi connectivity index (χ4n) is 2.23. The van der Waals surface area contributed by atoms with Gasteiger partial charge in [0.25, 0.3) is 0 Å². The lowest BCUT2D eigenvalue weighted by Gasteiger charge is -2.30. The predicted molar refractivity (Wildman–Crippen MR) is 69.3 cm³/mol. The third-order valence-electron chi connectivity index (χ3n) is 3.47. The standard InChI is InChI=1S/C11H23N.CHF3O3S/c1-3-4-6-9-12-10-7-5-8-11(12)2;2-1(3,4)8(5,6)7/h11H,3-10H2,1-2H3;(H,5,6,7). The van der Waals surface area contributed by atoms with Gasteiger partial charge in [0, 0.05) is 0 Å². The van der Waals surface area contributed by atoms with E-state index in [0.717, 1.165) is 6.04 Å². The highest BCUT2D eigenvalue weighted by Crippen LogP contribution is 2.20. The molecule has 1 N–H and O–H groups in total. The van der Waals surface area contributed by atoms with Gasteiger partial charge in [-0.3, -0.25) is 0 Å². The topological polar surface area (TPSA) is 61.6 Å². The number of nitrogens with one attached hydrogen (secondary N) is 1. The number of hydrogen-bond donors (Lipinski definition) is 1. The molecule has 1 heterocycles. The van der Waals surface area contributed by atoms with E-state index < -0.39 is 15.6 Å². The Labute approximate surface area is 119 Å². The third kappa shape index (κ3) is 8.06. The molecule has 1 aliphatic rings. The van der Waals surface area contributed by atoms with E-state index in [2.05, 4.69) is 13.8 Å². The summed E-state index contributed by atoms with van der Waals surface area (Å²) in [5, 5.41) is 0. The zero-order valence-corrected chi connectivity index (χ0v) is 12.8. The molecule has 0 amide bonds. The van der Waals surface area contributed by atoms with E-state index >= 15 is 0 Å². The Morgan fingerprint density at radius 2 is 1.80 bits per heavy atom. The molecule has 0 bridgehead atoms. The first-order chi connectivity index (χ1) is 9.09. The minimum atomic E-state index is -6.09. The molecule has 0 radical (unpaired) electrons. The summed E-state index contributed by atoms with van der Waals surface area (Å²) in [6.07, 6.45) is 8.62. The number of hydrogen-bond acceptors (Lipinski definition) is 3. The Kier molecular flexibility index (Phi) is 8.69. The fourth-order valence-corrected chi connectivity index (χ4v) is 2.23. The minimum absolute atomic E-state index is 0.940. The second-order valence-electron chi connectivity index (χ2n) is 5.16. The van der Waals surface area contributed by atoms with Crippen molar-refractivity contribution in [3.8, 4) is 0 Å². The lowest BCUT2D eigenvalue weighted by Crippen LogP contribution is -3.16. The monoisotopic (exact) mass is 319 g/mol. The summed E-state index contributed by atoms with van der Waals surface area (Å²) in [7, 11) is -6.09. The van der Waals surface area contributed by atoms with E-state index in [9.17, 15) is 13.2 Å². The molecule has 0 aliphatic carbocycles. The van der Waals surface area contributed by atoms with Crippen LogP contribution in [0.4, 0.5) is 13.2 Å².